The molecule has 2 heterocycles. The molecule has 0 bridgehead atoms. The van der Waals surface area contributed by atoms with Gasteiger partial charge in [-0.3, -0.25) is 5.10 Å². The van der Waals surface area contributed by atoms with Crippen LogP contribution in [0.5, 0.6) is 0 Å². The number of urea groups is 1. The summed E-state index contributed by atoms with van der Waals surface area (Å²) in [5, 5.41) is 9.88. The molecule has 0 radical (unpaired) electrons. The maximum Gasteiger partial charge on any atom is 0.321 e. The molecule has 1 aliphatic rings. The molecule has 1 aliphatic heterocycles. The first-order valence-corrected chi connectivity index (χ1v) is 6.15. The Kier molecular flexibility index (Phi) is 3.36. The summed E-state index contributed by atoms with van der Waals surface area (Å²) in [6.45, 7) is 7.69. The first-order valence-electron chi connectivity index (χ1n) is 6.15. The normalized spacial score (nSPS) is 20.4. The number of piperidine rings is 1. The molecule has 0 saturated carbocycles. The molecule has 2 rings (SSSR count). The van der Waals surface area contributed by atoms with Gasteiger partial charge in [-0.05, 0) is 32.6 Å². The van der Waals surface area contributed by atoms with Gasteiger partial charge in [0.05, 0.1) is 17.1 Å². The van der Waals surface area contributed by atoms with Crippen LogP contribution in [-0.2, 0) is 0 Å². The van der Waals surface area contributed by atoms with Crippen molar-refractivity contribution in [3.8, 4) is 0 Å². The first kappa shape index (κ1) is 12.0. The predicted octanol–water partition coefficient (Wildman–Crippen LogP) is 2.29. The van der Waals surface area contributed by atoms with Crippen molar-refractivity contribution >= 4 is 11.7 Å². The van der Waals surface area contributed by atoms with Gasteiger partial charge < -0.3 is 10.2 Å². The lowest BCUT2D eigenvalue weighted by Gasteiger charge is -2.30. The number of aryl methyl sites for hydroxylation is 2. The number of aromatic nitrogens is 2. The number of aromatic amines is 1. The van der Waals surface area contributed by atoms with Crippen LogP contribution in [-0.4, -0.2) is 34.2 Å². The van der Waals surface area contributed by atoms with Crippen LogP contribution in [0, 0.1) is 19.8 Å². The third-order valence-electron chi connectivity index (χ3n) is 3.30. The molecule has 2 amide bonds. The van der Waals surface area contributed by atoms with Gasteiger partial charge in [0.2, 0.25) is 0 Å². The number of nitrogens with zero attached hydrogens (tertiary/aromatic N) is 2. The molecule has 5 heteroatoms. The summed E-state index contributed by atoms with van der Waals surface area (Å²) in [4.78, 5) is 14.0. The summed E-state index contributed by atoms with van der Waals surface area (Å²) in [6, 6.07) is -0.0100. The van der Waals surface area contributed by atoms with E-state index in [1.54, 1.807) is 0 Å². The van der Waals surface area contributed by atoms with Crippen molar-refractivity contribution < 1.29 is 4.79 Å². The van der Waals surface area contributed by atoms with Crippen molar-refractivity contribution in [3.05, 3.63) is 11.4 Å². The molecule has 1 saturated heterocycles. The van der Waals surface area contributed by atoms with Gasteiger partial charge in [-0.1, -0.05) is 6.92 Å². The maximum atomic E-state index is 12.1. The fourth-order valence-corrected chi connectivity index (χ4v) is 2.29. The van der Waals surface area contributed by atoms with Crippen LogP contribution in [0.1, 0.15) is 31.2 Å². The third kappa shape index (κ3) is 2.60. The Labute approximate surface area is 102 Å². The summed E-state index contributed by atoms with van der Waals surface area (Å²) in [7, 11) is 0. The van der Waals surface area contributed by atoms with Crippen LogP contribution in [0.15, 0.2) is 0 Å². The molecule has 5 nitrogen and oxygen atoms in total. The van der Waals surface area contributed by atoms with E-state index >= 15 is 0 Å². The lowest BCUT2D eigenvalue weighted by molar-refractivity contribution is 0.182. The standard InChI is InChI=1S/C12H20N4O/c1-8-5-4-6-16(7-8)12(17)13-11-9(2)14-15-10(11)3/h8H,4-7H2,1-3H3,(H,13,17)(H,14,15). The fraction of sp³-hybridized carbons (Fsp3) is 0.667. The quantitative estimate of drug-likeness (QED) is 0.786. The Morgan fingerprint density at radius 1 is 1.53 bits per heavy atom. The molecule has 1 aromatic heterocycles. The molecule has 94 valence electrons. The van der Waals surface area contributed by atoms with Gasteiger partial charge >= 0.3 is 6.03 Å². The molecule has 1 atom stereocenters. The minimum atomic E-state index is -0.0100. The topological polar surface area (TPSA) is 61.0 Å². The Hall–Kier alpha value is -1.52. The third-order valence-corrected chi connectivity index (χ3v) is 3.30. The molecular formula is C12H20N4O. The van der Waals surface area contributed by atoms with E-state index in [1.807, 2.05) is 18.7 Å². The van der Waals surface area contributed by atoms with Crippen LogP contribution in [0.25, 0.3) is 0 Å². The second kappa shape index (κ2) is 4.77. The zero-order valence-corrected chi connectivity index (χ0v) is 10.7. The number of carbonyl (C=O) groups is 1. The second-order valence-electron chi connectivity index (χ2n) is 4.93. The van der Waals surface area contributed by atoms with Crippen LogP contribution < -0.4 is 5.32 Å². The molecule has 0 aromatic carbocycles. The number of H-pyrrole nitrogens is 1. The number of nitrogens with one attached hydrogen (secondary N) is 2. The highest BCUT2D eigenvalue weighted by atomic mass is 16.2. The first-order chi connectivity index (χ1) is 8.08. The molecule has 17 heavy (non-hydrogen) atoms. The van der Waals surface area contributed by atoms with E-state index in [1.165, 1.54) is 6.42 Å². The fourth-order valence-electron chi connectivity index (χ4n) is 2.29. The molecule has 0 aliphatic carbocycles. The highest BCUT2D eigenvalue weighted by molar-refractivity contribution is 5.90. The van der Waals surface area contributed by atoms with Crippen molar-refractivity contribution in [1.82, 2.24) is 15.1 Å². The molecule has 1 unspecified atom stereocenters. The number of likely N-dealkylation sites (tertiary alicyclic amines) is 1. The minimum Gasteiger partial charge on any atom is -0.324 e. The smallest absolute Gasteiger partial charge is 0.321 e. The largest absolute Gasteiger partial charge is 0.324 e. The van der Waals surface area contributed by atoms with E-state index in [-0.39, 0.29) is 6.03 Å². The number of rotatable bonds is 1. The predicted molar refractivity (Wildman–Crippen MR) is 67.1 cm³/mol. The van der Waals surface area contributed by atoms with Gasteiger partial charge in [-0.25, -0.2) is 4.79 Å². The van der Waals surface area contributed by atoms with Gasteiger partial charge in [0.1, 0.15) is 0 Å². The number of anilines is 1. The molecular weight excluding hydrogens is 216 g/mol. The number of amides is 2. The monoisotopic (exact) mass is 236 g/mol. The van der Waals surface area contributed by atoms with Gasteiger partial charge in [-0.15, -0.1) is 0 Å². The van der Waals surface area contributed by atoms with Crippen LogP contribution in [0.2, 0.25) is 0 Å². The number of hydrogen-bond acceptors (Lipinski definition) is 2. The van der Waals surface area contributed by atoms with E-state index in [4.69, 9.17) is 0 Å². The lowest BCUT2D eigenvalue weighted by Crippen LogP contribution is -2.41. The van der Waals surface area contributed by atoms with Crippen LogP contribution >= 0.6 is 0 Å². The highest BCUT2D eigenvalue weighted by Crippen LogP contribution is 2.19. The second-order valence-corrected chi connectivity index (χ2v) is 4.93. The summed E-state index contributed by atoms with van der Waals surface area (Å²) in [5.41, 5.74) is 2.55. The van der Waals surface area contributed by atoms with Crippen molar-refractivity contribution in [2.75, 3.05) is 18.4 Å². The minimum absolute atomic E-state index is 0.0100. The van der Waals surface area contributed by atoms with Crippen molar-refractivity contribution in [2.45, 2.75) is 33.6 Å². The lowest BCUT2D eigenvalue weighted by atomic mass is 10.0. The molecule has 1 aromatic rings. The van der Waals surface area contributed by atoms with E-state index in [9.17, 15) is 4.79 Å². The SMILES string of the molecule is Cc1n[nH]c(C)c1NC(=O)N1CCCC(C)C1. The summed E-state index contributed by atoms with van der Waals surface area (Å²) in [6.07, 6.45) is 2.31. The van der Waals surface area contributed by atoms with Gasteiger partial charge in [-0.2, -0.15) is 5.10 Å². The average Bonchev–Trinajstić information content (AvgIpc) is 2.61. The van der Waals surface area contributed by atoms with Crippen molar-refractivity contribution in [3.63, 3.8) is 0 Å². The highest BCUT2D eigenvalue weighted by Gasteiger charge is 2.22. The maximum absolute atomic E-state index is 12.1. The Bertz CT molecular complexity index is 393. The zero-order valence-electron chi connectivity index (χ0n) is 10.7. The van der Waals surface area contributed by atoms with Crippen molar-refractivity contribution in [1.29, 1.82) is 0 Å². The van der Waals surface area contributed by atoms with E-state index in [0.29, 0.717) is 5.92 Å². The Morgan fingerprint density at radius 3 is 2.88 bits per heavy atom. The van der Waals surface area contributed by atoms with Gasteiger partial charge in [0.25, 0.3) is 0 Å². The number of carbonyl (C=O) groups excluding carboxylic acids is 1. The Balaban J connectivity index is 2.01. The molecule has 0 spiro atoms. The average molecular weight is 236 g/mol. The van der Waals surface area contributed by atoms with Crippen LogP contribution in [0.3, 0.4) is 0 Å². The van der Waals surface area contributed by atoms with E-state index in [0.717, 1.165) is 36.6 Å². The van der Waals surface area contributed by atoms with Crippen LogP contribution in [0.4, 0.5) is 10.5 Å². The number of hydrogen-bond donors (Lipinski definition) is 2. The van der Waals surface area contributed by atoms with E-state index in [2.05, 4.69) is 22.4 Å². The summed E-state index contributed by atoms with van der Waals surface area (Å²) < 4.78 is 0. The van der Waals surface area contributed by atoms with Gasteiger partial charge in [0, 0.05) is 13.1 Å². The van der Waals surface area contributed by atoms with E-state index < -0.39 is 0 Å². The Morgan fingerprint density at radius 2 is 2.29 bits per heavy atom. The molecule has 1 fully saturated rings. The summed E-state index contributed by atoms with van der Waals surface area (Å²) >= 11 is 0. The van der Waals surface area contributed by atoms with Crippen molar-refractivity contribution in [2.24, 2.45) is 5.92 Å². The summed E-state index contributed by atoms with van der Waals surface area (Å²) in [5.74, 6) is 0.598. The van der Waals surface area contributed by atoms with Gasteiger partial charge in [0.15, 0.2) is 0 Å². The zero-order chi connectivity index (χ0) is 12.4. The molecule has 2 N–H and O–H groups in total.